The van der Waals surface area contributed by atoms with Gasteiger partial charge in [0, 0.05) is 12.6 Å². The van der Waals surface area contributed by atoms with E-state index >= 15 is 0 Å². The summed E-state index contributed by atoms with van der Waals surface area (Å²) in [5.74, 6) is -0.665. The van der Waals surface area contributed by atoms with Crippen molar-refractivity contribution in [2.75, 3.05) is 17.4 Å². The van der Waals surface area contributed by atoms with E-state index < -0.39 is 28.5 Å². The van der Waals surface area contributed by atoms with Gasteiger partial charge in [-0.05, 0) is 62.4 Å². The van der Waals surface area contributed by atoms with E-state index in [2.05, 4.69) is 5.32 Å². The Labute approximate surface area is 232 Å². The molecular weight excluding hydrogens is 510 g/mol. The van der Waals surface area contributed by atoms with Gasteiger partial charge in [0.1, 0.15) is 12.6 Å². The molecule has 0 saturated carbocycles. The van der Waals surface area contributed by atoms with Gasteiger partial charge in [0.15, 0.2) is 0 Å². The molecule has 0 aliphatic carbocycles. The van der Waals surface area contributed by atoms with Crippen LogP contribution in [0.15, 0.2) is 89.8 Å². The number of carbonyl (C=O) groups is 2. The molecule has 0 unspecified atom stereocenters. The number of para-hydroxylation sites is 1. The Balaban J connectivity index is 2.00. The Morgan fingerprint density at radius 3 is 2.03 bits per heavy atom. The summed E-state index contributed by atoms with van der Waals surface area (Å²) < 4.78 is 28.9. The predicted molar refractivity (Wildman–Crippen MR) is 156 cm³/mol. The number of amides is 2. The second-order valence-electron chi connectivity index (χ2n) is 9.68. The summed E-state index contributed by atoms with van der Waals surface area (Å²) in [7, 11) is -4.06. The quantitative estimate of drug-likeness (QED) is 0.327. The lowest BCUT2D eigenvalue weighted by atomic mass is 10.1. The predicted octanol–water partition coefficient (Wildman–Crippen LogP) is 4.95. The lowest BCUT2D eigenvalue weighted by Crippen LogP contribution is -2.54. The smallest absolute Gasteiger partial charge is 0.264 e. The molecule has 1 N–H and O–H groups in total. The minimum atomic E-state index is -4.06. The molecule has 0 aliphatic heterocycles. The SMILES string of the molecule is CC[C@H](C)NC(=O)[C@H](CC)N(CCc1ccccc1)C(=O)CN(c1ccccc1C)S(=O)(=O)c1ccccc1. The number of rotatable bonds is 13. The number of benzene rings is 3. The highest BCUT2D eigenvalue weighted by Crippen LogP contribution is 2.27. The molecule has 0 heterocycles. The van der Waals surface area contributed by atoms with Crippen molar-refractivity contribution < 1.29 is 18.0 Å². The molecule has 0 aromatic heterocycles. The second-order valence-corrected chi connectivity index (χ2v) is 11.5. The second kappa shape index (κ2) is 13.9. The normalized spacial score (nSPS) is 12.8. The molecule has 0 spiro atoms. The molecule has 8 heteroatoms. The van der Waals surface area contributed by atoms with Gasteiger partial charge in [-0.1, -0.05) is 80.6 Å². The van der Waals surface area contributed by atoms with Crippen molar-refractivity contribution in [3.05, 3.63) is 96.1 Å². The van der Waals surface area contributed by atoms with Gasteiger partial charge in [-0.2, -0.15) is 0 Å². The molecule has 0 bridgehead atoms. The maximum atomic E-state index is 14.0. The summed E-state index contributed by atoms with van der Waals surface area (Å²) in [6.07, 6.45) is 1.70. The zero-order valence-electron chi connectivity index (χ0n) is 23.2. The molecule has 7 nitrogen and oxygen atoms in total. The molecule has 3 aromatic carbocycles. The van der Waals surface area contributed by atoms with Crippen molar-refractivity contribution in [3.63, 3.8) is 0 Å². The fourth-order valence-electron chi connectivity index (χ4n) is 4.41. The summed E-state index contributed by atoms with van der Waals surface area (Å²) in [6, 6.07) is 24.2. The summed E-state index contributed by atoms with van der Waals surface area (Å²) in [5.41, 5.74) is 2.18. The molecular formula is C31H39N3O4S. The Morgan fingerprint density at radius 1 is 0.846 bits per heavy atom. The molecule has 39 heavy (non-hydrogen) atoms. The first-order valence-electron chi connectivity index (χ1n) is 13.5. The molecule has 208 valence electrons. The number of hydrogen-bond donors (Lipinski definition) is 1. The lowest BCUT2D eigenvalue weighted by molar-refractivity contribution is -0.139. The molecule has 0 saturated heterocycles. The number of nitrogens with one attached hydrogen (secondary N) is 1. The number of carbonyl (C=O) groups excluding carboxylic acids is 2. The van der Waals surface area contributed by atoms with E-state index in [9.17, 15) is 18.0 Å². The van der Waals surface area contributed by atoms with E-state index in [1.807, 2.05) is 70.2 Å². The van der Waals surface area contributed by atoms with Crippen LogP contribution in [0.25, 0.3) is 0 Å². The summed E-state index contributed by atoms with van der Waals surface area (Å²) in [4.78, 5) is 29.0. The van der Waals surface area contributed by atoms with Crippen LogP contribution in [0, 0.1) is 6.92 Å². The lowest BCUT2D eigenvalue weighted by Gasteiger charge is -2.34. The minimum absolute atomic E-state index is 0.0421. The van der Waals surface area contributed by atoms with Crippen LogP contribution in [-0.4, -0.2) is 50.3 Å². The third kappa shape index (κ3) is 7.69. The third-order valence-electron chi connectivity index (χ3n) is 6.87. The fourth-order valence-corrected chi connectivity index (χ4v) is 5.91. The first-order chi connectivity index (χ1) is 18.7. The van der Waals surface area contributed by atoms with Gasteiger partial charge < -0.3 is 10.2 Å². The highest BCUT2D eigenvalue weighted by molar-refractivity contribution is 7.92. The first-order valence-corrected chi connectivity index (χ1v) is 14.9. The maximum Gasteiger partial charge on any atom is 0.264 e. The number of aryl methyl sites for hydroxylation is 1. The minimum Gasteiger partial charge on any atom is -0.352 e. The van der Waals surface area contributed by atoms with Gasteiger partial charge >= 0.3 is 0 Å². The Bertz CT molecular complexity index is 1330. The van der Waals surface area contributed by atoms with E-state index in [1.165, 1.54) is 17.0 Å². The molecule has 0 radical (unpaired) electrons. The third-order valence-corrected chi connectivity index (χ3v) is 8.64. The summed E-state index contributed by atoms with van der Waals surface area (Å²) in [6.45, 7) is 7.44. The molecule has 0 aliphatic rings. The highest BCUT2D eigenvalue weighted by Gasteiger charge is 2.34. The van der Waals surface area contributed by atoms with Gasteiger partial charge in [0.2, 0.25) is 11.8 Å². The summed E-state index contributed by atoms with van der Waals surface area (Å²) >= 11 is 0. The molecule has 2 amide bonds. The van der Waals surface area contributed by atoms with Gasteiger partial charge in [-0.25, -0.2) is 8.42 Å². The van der Waals surface area contributed by atoms with Gasteiger partial charge in [-0.15, -0.1) is 0 Å². The van der Waals surface area contributed by atoms with Gasteiger partial charge in [0.25, 0.3) is 10.0 Å². The molecule has 3 rings (SSSR count). The van der Waals surface area contributed by atoms with E-state index in [0.717, 1.165) is 21.9 Å². The monoisotopic (exact) mass is 549 g/mol. The zero-order valence-corrected chi connectivity index (χ0v) is 24.0. The standard InChI is InChI=1S/C31H39N3O4S/c1-5-25(4)32-31(36)28(6-2)33(22-21-26-16-9-7-10-17-26)30(35)23-34(29-20-14-13-15-24(29)3)39(37,38)27-18-11-8-12-19-27/h7-20,25,28H,5-6,21-23H2,1-4H3,(H,32,36)/t25-,28-/m0/s1. The van der Waals surface area contributed by atoms with Crippen LogP contribution in [-0.2, 0) is 26.0 Å². The van der Waals surface area contributed by atoms with Crippen molar-refractivity contribution in [1.82, 2.24) is 10.2 Å². The molecule has 2 atom stereocenters. The van der Waals surface area contributed by atoms with Crippen molar-refractivity contribution in [3.8, 4) is 0 Å². The van der Waals surface area contributed by atoms with E-state index in [4.69, 9.17) is 0 Å². The Morgan fingerprint density at radius 2 is 1.44 bits per heavy atom. The maximum absolute atomic E-state index is 14.0. The number of sulfonamides is 1. The van der Waals surface area contributed by atoms with Crippen LogP contribution in [0.3, 0.4) is 0 Å². The van der Waals surface area contributed by atoms with E-state index in [1.54, 1.807) is 30.3 Å². The molecule has 0 fully saturated rings. The Hall–Kier alpha value is -3.65. The average molecular weight is 550 g/mol. The number of hydrogen-bond acceptors (Lipinski definition) is 4. The van der Waals surface area contributed by atoms with Crippen molar-refractivity contribution in [1.29, 1.82) is 0 Å². The first kappa shape index (κ1) is 29.9. The van der Waals surface area contributed by atoms with Crippen LogP contribution in [0.1, 0.15) is 44.7 Å². The van der Waals surface area contributed by atoms with Crippen LogP contribution in [0.2, 0.25) is 0 Å². The number of nitrogens with zero attached hydrogens (tertiary/aromatic N) is 2. The van der Waals surface area contributed by atoms with Gasteiger partial charge in [0.05, 0.1) is 10.6 Å². The fraction of sp³-hybridized carbons (Fsp3) is 0.355. The van der Waals surface area contributed by atoms with Crippen molar-refractivity contribution in [2.24, 2.45) is 0 Å². The van der Waals surface area contributed by atoms with E-state index in [0.29, 0.717) is 18.5 Å². The molecule has 3 aromatic rings. The van der Waals surface area contributed by atoms with E-state index in [-0.39, 0.29) is 23.4 Å². The topological polar surface area (TPSA) is 86.8 Å². The van der Waals surface area contributed by atoms with Gasteiger partial charge in [-0.3, -0.25) is 13.9 Å². The Kier molecular flexibility index (Phi) is 10.7. The number of anilines is 1. The van der Waals surface area contributed by atoms with Crippen LogP contribution >= 0.6 is 0 Å². The highest BCUT2D eigenvalue weighted by atomic mass is 32.2. The van der Waals surface area contributed by atoms with Crippen molar-refractivity contribution >= 4 is 27.5 Å². The average Bonchev–Trinajstić information content (AvgIpc) is 2.95. The zero-order chi connectivity index (χ0) is 28.4. The van der Waals surface area contributed by atoms with Crippen LogP contribution in [0.4, 0.5) is 5.69 Å². The largest absolute Gasteiger partial charge is 0.352 e. The summed E-state index contributed by atoms with van der Waals surface area (Å²) in [5, 5.41) is 3.00. The van der Waals surface area contributed by atoms with Crippen LogP contribution in [0.5, 0.6) is 0 Å². The van der Waals surface area contributed by atoms with Crippen molar-refractivity contribution in [2.45, 2.75) is 63.9 Å². The van der Waals surface area contributed by atoms with Crippen LogP contribution < -0.4 is 9.62 Å².